The van der Waals surface area contributed by atoms with Gasteiger partial charge in [0.25, 0.3) is 0 Å². The van der Waals surface area contributed by atoms with E-state index in [-0.39, 0.29) is 11.9 Å². The molecule has 1 aromatic rings. The third-order valence-corrected chi connectivity index (χ3v) is 5.15. The predicted octanol–water partition coefficient (Wildman–Crippen LogP) is 2.12. The first-order valence-corrected chi connectivity index (χ1v) is 9.30. The molecule has 2 saturated heterocycles. The Morgan fingerprint density at radius 3 is 2.48 bits per heavy atom. The van der Waals surface area contributed by atoms with Crippen molar-refractivity contribution in [1.29, 1.82) is 0 Å². The number of hydrogen-bond donors (Lipinski definition) is 1. The second-order valence-electron chi connectivity index (χ2n) is 6.97. The monoisotopic (exact) mass is 349 g/mol. The van der Waals surface area contributed by atoms with Crippen LogP contribution in [0, 0.1) is 11.7 Å². The van der Waals surface area contributed by atoms with Crippen molar-refractivity contribution in [3.8, 4) is 0 Å². The average molecular weight is 349 g/mol. The molecule has 0 aliphatic carbocycles. The summed E-state index contributed by atoms with van der Waals surface area (Å²) in [5.41, 5.74) is 1.21. The van der Waals surface area contributed by atoms with Gasteiger partial charge in [0.1, 0.15) is 12.4 Å². The molecule has 2 fully saturated rings. The van der Waals surface area contributed by atoms with E-state index in [4.69, 9.17) is 4.74 Å². The van der Waals surface area contributed by atoms with E-state index in [0.29, 0.717) is 12.5 Å². The van der Waals surface area contributed by atoms with E-state index >= 15 is 0 Å². The Morgan fingerprint density at radius 1 is 1.12 bits per heavy atom. The highest BCUT2D eigenvalue weighted by Gasteiger charge is 2.21. The fourth-order valence-corrected chi connectivity index (χ4v) is 3.57. The normalized spacial score (nSPS) is 19.8. The molecule has 1 N–H and O–H groups in total. The summed E-state index contributed by atoms with van der Waals surface area (Å²) in [6.45, 7) is 6.50. The van der Waals surface area contributed by atoms with E-state index in [2.05, 4.69) is 10.2 Å². The molecular formula is C19H28FN3O2. The molecule has 5 nitrogen and oxygen atoms in total. The molecule has 1 amide bonds. The lowest BCUT2D eigenvalue weighted by Crippen LogP contribution is -2.47. The first kappa shape index (κ1) is 18.1. The fourth-order valence-electron chi connectivity index (χ4n) is 3.57. The van der Waals surface area contributed by atoms with Crippen LogP contribution in [0.15, 0.2) is 24.3 Å². The van der Waals surface area contributed by atoms with Crippen LogP contribution in [0.2, 0.25) is 0 Å². The van der Waals surface area contributed by atoms with Crippen LogP contribution in [0.25, 0.3) is 0 Å². The number of likely N-dealkylation sites (tertiary alicyclic amines) is 1. The molecular weight excluding hydrogens is 321 g/mol. The van der Waals surface area contributed by atoms with Crippen molar-refractivity contribution in [2.45, 2.75) is 19.3 Å². The van der Waals surface area contributed by atoms with Crippen molar-refractivity contribution in [1.82, 2.24) is 15.1 Å². The molecule has 138 valence electrons. The first-order valence-electron chi connectivity index (χ1n) is 9.30. The summed E-state index contributed by atoms with van der Waals surface area (Å²) in [5, 5.41) is 3.23. The molecule has 0 radical (unpaired) electrons. The van der Waals surface area contributed by atoms with Gasteiger partial charge in [-0.1, -0.05) is 12.1 Å². The zero-order valence-corrected chi connectivity index (χ0v) is 14.8. The van der Waals surface area contributed by atoms with Crippen LogP contribution in [-0.4, -0.2) is 68.3 Å². The van der Waals surface area contributed by atoms with Crippen LogP contribution in [0.1, 0.15) is 18.4 Å². The second-order valence-corrected chi connectivity index (χ2v) is 6.97. The number of piperidine rings is 1. The van der Waals surface area contributed by atoms with Gasteiger partial charge < -0.3 is 15.0 Å². The maximum absolute atomic E-state index is 13.0. The first-order chi connectivity index (χ1) is 12.2. The van der Waals surface area contributed by atoms with Crippen LogP contribution in [0.5, 0.6) is 0 Å². The van der Waals surface area contributed by atoms with E-state index in [1.54, 1.807) is 4.90 Å². The Labute approximate surface area is 149 Å². The molecule has 0 saturated carbocycles. The summed E-state index contributed by atoms with van der Waals surface area (Å²) in [4.78, 5) is 16.1. The van der Waals surface area contributed by atoms with Crippen LogP contribution < -0.4 is 5.32 Å². The van der Waals surface area contributed by atoms with Crippen molar-refractivity contribution in [2.75, 3.05) is 52.4 Å². The zero-order chi connectivity index (χ0) is 17.5. The van der Waals surface area contributed by atoms with E-state index < -0.39 is 0 Å². The van der Waals surface area contributed by atoms with Crippen molar-refractivity contribution >= 4 is 6.09 Å². The summed E-state index contributed by atoms with van der Waals surface area (Å²) >= 11 is 0. The maximum Gasteiger partial charge on any atom is 0.409 e. The summed E-state index contributed by atoms with van der Waals surface area (Å²) in [6, 6.07) is 6.85. The molecule has 2 aliphatic rings. The highest BCUT2D eigenvalue weighted by molar-refractivity contribution is 5.67. The number of nitrogens with zero attached hydrogens (tertiary/aromatic N) is 2. The Bertz CT molecular complexity index is 538. The van der Waals surface area contributed by atoms with Gasteiger partial charge in [-0.3, -0.25) is 4.90 Å². The number of hydrogen-bond acceptors (Lipinski definition) is 4. The third-order valence-electron chi connectivity index (χ3n) is 5.15. The van der Waals surface area contributed by atoms with E-state index in [9.17, 15) is 9.18 Å². The molecule has 2 heterocycles. The number of benzene rings is 1. The van der Waals surface area contributed by atoms with Crippen LogP contribution in [0.3, 0.4) is 0 Å². The van der Waals surface area contributed by atoms with Crippen LogP contribution >= 0.6 is 0 Å². The standard InChI is InChI=1S/C19H28FN3O2/c20-18-3-1-16(2-4-18)15-17-5-9-22(10-6-17)13-14-25-19(24)23-11-7-21-8-12-23/h1-4,17,21H,5-15H2. The van der Waals surface area contributed by atoms with Crippen molar-refractivity contribution in [3.05, 3.63) is 35.6 Å². The van der Waals surface area contributed by atoms with Gasteiger partial charge in [0, 0.05) is 32.7 Å². The fraction of sp³-hybridized carbons (Fsp3) is 0.632. The van der Waals surface area contributed by atoms with Crippen molar-refractivity contribution in [2.24, 2.45) is 5.92 Å². The molecule has 0 unspecified atom stereocenters. The molecule has 0 atom stereocenters. The minimum Gasteiger partial charge on any atom is -0.448 e. The van der Waals surface area contributed by atoms with Crippen molar-refractivity contribution < 1.29 is 13.9 Å². The number of carbonyl (C=O) groups is 1. The topological polar surface area (TPSA) is 44.8 Å². The predicted molar refractivity (Wildman–Crippen MR) is 95.1 cm³/mol. The smallest absolute Gasteiger partial charge is 0.409 e. The molecule has 1 aromatic carbocycles. The quantitative estimate of drug-likeness (QED) is 0.884. The lowest BCUT2D eigenvalue weighted by molar-refractivity contribution is 0.0796. The van der Waals surface area contributed by atoms with Gasteiger partial charge in [0.2, 0.25) is 0 Å². The molecule has 2 aliphatic heterocycles. The molecule has 3 rings (SSSR count). The largest absolute Gasteiger partial charge is 0.448 e. The van der Waals surface area contributed by atoms with E-state index in [1.165, 1.54) is 17.7 Å². The summed E-state index contributed by atoms with van der Waals surface area (Å²) < 4.78 is 18.4. The van der Waals surface area contributed by atoms with Gasteiger partial charge in [0.15, 0.2) is 0 Å². The van der Waals surface area contributed by atoms with Gasteiger partial charge in [-0.25, -0.2) is 9.18 Å². The zero-order valence-electron chi connectivity index (χ0n) is 14.8. The van der Waals surface area contributed by atoms with E-state index in [1.807, 2.05) is 12.1 Å². The van der Waals surface area contributed by atoms with Gasteiger partial charge >= 0.3 is 6.09 Å². The number of carbonyl (C=O) groups excluding carboxylic acids is 1. The average Bonchev–Trinajstić information content (AvgIpc) is 2.66. The maximum atomic E-state index is 13.0. The van der Waals surface area contributed by atoms with E-state index in [0.717, 1.165) is 65.1 Å². The molecule has 6 heteroatoms. The lowest BCUT2D eigenvalue weighted by atomic mass is 9.90. The number of rotatable bonds is 5. The number of amides is 1. The number of halogens is 1. The van der Waals surface area contributed by atoms with Crippen LogP contribution in [0.4, 0.5) is 9.18 Å². The van der Waals surface area contributed by atoms with Gasteiger partial charge in [-0.2, -0.15) is 0 Å². The summed E-state index contributed by atoms with van der Waals surface area (Å²) in [5.74, 6) is 0.485. The minimum absolute atomic E-state index is 0.172. The Morgan fingerprint density at radius 2 is 1.80 bits per heavy atom. The summed E-state index contributed by atoms with van der Waals surface area (Å²) in [6.07, 6.45) is 3.12. The Hall–Kier alpha value is -1.66. The number of ether oxygens (including phenoxy) is 1. The molecule has 25 heavy (non-hydrogen) atoms. The second kappa shape index (κ2) is 9.15. The molecule has 0 bridgehead atoms. The minimum atomic E-state index is -0.187. The van der Waals surface area contributed by atoms with Gasteiger partial charge in [-0.05, 0) is 56.0 Å². The van der Waals surface area contributed by atoms with Crippen molar-refractivity contribution in [3.63, 3.8) is 0 Å². The van der Waals surface area contributed by atoms with Crippen LogP contribution in [-0.2, 0) is 11.2 Å². The summed E-state index contributed by atoms with van der Waals surface area (Å²) in [7, 11) is 0. The van der Waals surface area contributed by atoms with Gasteiger partial charge in [0.05, 0.1) is 0 Å². The number of nitrogens with one attached hydrogen (secondary N) is 1. The third kappa shape index (κ3) is 5.68. The Balaban J connectivity index is 1.31. The highest BCUT2D eigenvalue weighted by atomic mass is 19.1. The molecule has 0 aromatic heterocycles. The van der Waals surface area contributed by atoms with Gasteiger partial charge in [-0.15, -0.1) is 0 Å². The Kier molecular flexibility index (Phi) is 6.64. The molecule has 0 spiro atoms. The number of piperazine rings is 1. The highest BCUT2D eigenvalue weighted by Crippen LogP contribution is 2.21. The SMILES string of the molecule is O=C(OCCN1CCC(Cc2ccc(F)cc2)CC1)N1CCNCC1. The lowest BCUT2D eigenvalue weighted by Gasteiger charge is -2.32.